The first-order valence-corrected chi connectivity index (χ1v) is 9.17. The molecule has 5 nitrogen and oxygen atoms in total. The minimum absolute atomic E-state index is 0.134. The Labute approximate surface area is 162 Å². The highest BCUT2D eigenvalue weighted by Crippen LogP contribution is 2.34. The van der Waals surface area contributed by atoms with Crippen LogP contribution in [0, 0.1) is 19.7 Å². The zero-order valence-electron chi connectivity index (χ0n) is 15.8. The normalized spacial score (nSPS) is 19.2. The number of aliphatic hydroxyl groups is 1. The molecule has 1 amide bonds. The fourth-order valence-electron chi connectivity index (χ4n) is 3.62. The number of rotatable bonds is 3. The predicted octanol–water partition coefficient (Wildman–Crippen LogP) is 3.83. The van der Waals surface area contributed by atoms with E-state index in [-0.39, 0.29) is 18.3 Å². The summed E-state index contributed by atoms with van der Waals surface area (Å²) in [6.07, 6.45) is 1.73. The molecule has 6 heteroatoms. The van der Waals surface area contributed by atoms with Crippen LogP contribution < -0.4 is 0 Å². The van der Waals surface area contributed by atoms with Gasteiger partial charge < -0.3 is 14.5 Å². The molecule has 1 fully saturated rings. The van der Waals surface area contributed by atoms with Gasteiger partial charge in [0.05, 0.1) is 6.54 Å². The number of halogens is 1. The number of β-amino-alcohol motifs (C(OH)–C–C–N with tert-alkyl or cyclic N) is 1. The van der Waals surface area contributed by atoms with Gasteiger partial charge in [-0.15, -0.1) is 0 Å². The van der Waals surface area contributed by atoms with E-state index >= 15 is 0 Å². The third-order valence-electron chi connectivity index (χ3n) is 5.36. The number of benzene rings is 2. The van der Waals surface area contributed by atoms with Crippen molar-refractivity contribution in [3.63, 3.8) is 0 Å². The van der Waals surface area contributed by atoms with Gasteiger partial charge in [0.2, 0.25) is 0 Å². The molecule has 1 aromatic heterocycles. The molecule has 0 spiro atoms. The molecule has 3 aromatic rings. The van der Waals surface area contributed by atoms with E-state index in [4.69, 9.17) is 4.52 Å². The van der Waals surface area contributed by atoms with Crippen LogP contribution >= 0.6 is 0 Å². The lowest BCUT2D eigenvalue weighted by atomic mass is 9.92. The first-order chi connectivity index (χ1) is 13.4. The largest absolute Gasteiger partial charge is 0.383 e. The standard InChI is InChI=1S/C22H21FN2O3/c1-14-3-5-16(6-4-14)20-18(12-28-24-20)21(26)25-10-9-22(27,13-25)17-7-8-19(23)15(2)11-17/h3-8,11-12,27H,9-10,13H2,1-2H3. The SMILES string of the molecule is Cc1ccc(-c2nocc2C(=O)N2CCC(O)(c3ccc(F)c(C)c3)C2)cc1. The van der Waals surface area contributed by atoms with E-state index in [2.05, 4.69) is 5.16 Å². The summed E-state index contributed by atoms with van der Waals surface area (Å²) < 4.78 is 18.6. The molecule has 1 aliphatic rings. The quantitative estimate of drug-likeness (QED) is 0.750. The Balaban J connectivity index is 1.58. The first kappa shape index (κ1) is 18.4. The minimum atomic E-state index is -1.20. The first-order valence-electron chi connectivity index (χ1n) is 9.17. The fraction of sp³-hybridized carbons (Fsp3) is 0.273. The Morgan fingerprint density at radius 1 is 1.21 bits per heavy atom. The molecule has 1 atom stereocenters. The van der Waals surface area contributed by atoms with Crippen LogP contribution in [0.4, 0.5) is 4.39 Å². The van der Waals surface area contributed by atoms with Gasteiger partial charge in [-0.1, -0.05) is 47.1 Å². The average molecular weight is 380 g/mol. The monoisotopic (exact) mass is 380 g/mol. The maximum atomic E-state index is 13.6. The van der Waals surface area contributed by atoms with Crippen LogP contribution in [0.15, 0.2) is 53.3 Å². The highest BCUT2D eigenvalue weighted by atomic mass is 19.1. The number of aryl methyl sites for hydroxylation is 2. The highest BCUT2D eigenvalue weighted by Gasteiger charge is 2.41. The molecule has 1 unspecified atom stereocenters. The summed E-state index contributed by atoms with van der Waals surface area (Å²) in [7, 11) is 0. The molecular weight excluding hydrogens is 359 g/mol. The number of hydrogen-bond acceptors (Lipinski definition) is 4. The Morgan fingerprint density at radius 3 is 2.68 bits per heavy atom. The topological polar surface area (TPSA) is 66.6 Å². The number of likely N-dealkylation sites (tertiary alicyclic amines) is 1. The molecule has 2 aromatic carbocycles. The van der Waals surface area contributed by atoms with Gasteiger partial charge in [-0.25, -0.2) is 4.39 Å². The molecule has 0 aliphatic carbocycles. The van der Waals surface area contributed by atoms with Crippen molar-refractivity contribution in [2.45, 2.75) is 25.9 Å². The number of carbonyl (C=O) groups is 1. The second kappa shape index (κ2) is 6.87. The van der Waals surface area contributed by atoms with E-state index in [1.165, 1.54) is 12.3 Å². The van der Waals surface area contributed by atoms with E-state index in [1.54, 1.807) is 24.0 Å². The summed E-state index contributed by atoms with van der Waals surface area (Å²) in [6, 6.07) is 12.3. The lowest BCUT2D eigenvalue weighted by molar-refractivity contribution is 0.0416. The summed E-state index contributed by atoms with van der Waals surface area (Å²) in [5.41, 5.74) is 2.64. The predicted molar refractivity (Wildman–Crippen MR) is 102 cm³/mol. The number of carbonyl (C=O) groups excluding carboxylic acids is 1. The zero-order valence-corrected chi connectivity index (χ0v) is 15.8. The number of amides is 1. The lowest BCUT2D eigenvalue weighted by Gasteiger charge is -2.24. The molecule has 1 saturated heterocycles. The molecule has 4 rings (SSSR count). The maximum absolute atomic E-state index is 13.6. The molecule has 0 radical (unpaired) electrons. The Kier molecular flexibility index (Phi) is 4.51. The maximum Gasteiger partial charge on any atom is 0.259 e. The number of nitrogens with zero attached hydrogens (tertiary/aromatic N) is 2. The zero-order chi connectivity index (χ0) is 19.9. The second-order valence-electron chi connectivity index (χ2n) is 7.42. The highest BCUT2D eigenvalue weighted by molar-refractivity contribution is 5.99. The molecule has 0 bridgehead atoms. The molecular formula is C22H21FN2O3. The summed E-state index contributed by atoms with van der Waals surface area (Å²) >= 11 is 0. The van der Waals surface area contributed by atoms with Gasteiger partial charge in [-0.2, -0.15) is 0 Å². The summed E-state index contributed by atoms with van der Waals surface area (Å²) in [6.45, 7) is 4.17. The molecule has 144 valence electrons. The average Bonchev–Trinajstić information content (AvgIpc) is 3.32. The minimum Gasteiger partial charge on any atom is -0.383 e. The smallest absolute Gasteiger partial charge is 0.259 e. The third-order valence-corrected chi connectivity index (χ3v) is 5.36. The Bertz CT molecular complexity index is 1030. The molecule has 2 heterocycles. The van der Waals surface area contributed by atoms with Gasteiger partial charge >= 0.3 is 0 Å². The van der Waals surface area contributed by atoms with Gasteiger partial charge in [0.1, 0.15) is 28.9 Å². The van der Waals surface area contributed by atoms with Crippen molar-refractivity contribution in [2.24, 2.45) is 0 Å². The molecule has 1 aliphatic heterocycles. The van der Waals surface area contributed by atoms with Crippen molar-refractivity contribution < 1.29 is 18.8 Å². The van der Waals surface area contributed by atoms with E-state index in [1.807, 2.05) is 31.2 Å². The number of aromatic nitrogens is 1. The number of hydrogen-bond donors (Lipinski definition) is 1. The van der Waals surface area contributed by atoms with Crippen LogP contribution in [-0.2, 0) is 5.60 Å². The van der Waals surface area contributed by atoms with Crippen molar-refractivity contribution in [2.75, 3.05) is 13.1 Å². The molecule has 1 N–H and O–H groups in total. The van der Waals surface area contributed by atoms with Crippen LogP contribution in [0.5, 0.6) is 0 Å². The van der Waals surface area contributed by atoms with Crippen molar-refractivity contribution in [3.05, 3.63) is 76.8 Å². The van der Waals surface area contributed by atoms with Crippen molar-refractivity contribution in [3.8, 4) is 11.3 Å². The van der Waals surface area contributed by atoms with Gasteiger partial charge in [0.25, 0.3) is 5.91 Å². The van der Waals surface area contributed by atoms with E-state index < -0.39 is 5.60 Å². The fourth-order valence-corrected chi connectivity index (χ4v) is 3.62. The van der Waals surface area contributed by atoms with Crippen molar-refractivity contribution >= 4 is 5.91 Å². The van der Waals surface area contributed by atoms with E-state index in [0.717, 1.165) is 11.1 Å². The van der Waals surface area contributed by atoms with E-state index in [0.29, 0.717) is 35.3 Å². The molecule has 0 saturated carbocycles. The van der Waals surface area contributed by atoms with Gasteiger partial charge in [-0.05, 0) is 37.5 Å². The van der Waals surface area contributed by atoms with Gasteiger partial charge in [0.15, 0.2) is 0 Å². The third kappa shape index (κ3) is 3.20. The van der Waals surface area contributed by atoms with E-state index in [9.17, 15) is 14.3 Å². The van der Waals surface area contributed by atoms with Crippen LogP contribution in [0.2, 0.25) is 0 Å². The van der Waals surface area contributed by atoms with Crippen molar-refractivity contribution in [1.82, 2.24) is 10.1 Å². The Morgan fingerprint density at radius 2 is 1.96 bits per heavy atom. The van der Waals surface area contributed by atoms with Crippen LogP contribution in [0.1, 0.15) is 33.5 Å². The Hall–Kier alpha value is -2.99. The van der Waals surface area contributed by atoms with Crippen LogP contribution in [-0.4, -0.2) is 34.2 Å². The summed E-state index contributed by atoms with van der Waals surface area (Å²) in [5, 5.41) is 15.1. The summed E-state index contributed by atoms with van der Waals surface area (Å²) in [5.74, 6) is -0.558. The van der Waals surface area contributed by atoms with Gasteiger partial charge in [-0.3, -0.25) is 4.79 Å². The molecule has 28 heavy (non-hydrogen) atoms. The van der Waals surface area contributed by atoms with Crippen LogP contribution in [0.3, 0.4) is 0 Å². The van der Waals surface area contributed by atoms with Gasteiger partial charge in [0, 0.05) is 12.1 Å². The lowest BCUT2D eigenvalue weighted by Crippen LogP contribution is -2.34. The van der Waals surface area contributed by atoms with Crippen molar-refractivity contribution in [1.29, 1.82) is 0 Å². The van der Waals surface area contributed by atoms with Crippen LogP contribution in [0.25, 0.3) is 11.3 Å². The second-order valence-corrected chi connectivity index (χ2v) is 7.42. The summed E-state index contributed by atoms with van der Waals surface area (Å²) in [4.78, 5) is 14.7.